The molecule has 0 spiro atoms. The Morgan fingerprint density at radius 3 is 2.37 bits per heavy atom. The number of ether oxygens (including phenoxy) is 2. The lowest BCUT2D eigenvalue weighted by atomic mass is 10.1. The van der Waals surface area contributed by atoms with Crippen molar-refractivity contribution in [3.05, 3.63) is 96.1 Å². The molecule has 0 bridgehead atoms. The molecular weight excluding hydrogens is 446 g/mol. The van der Waals surface area contributed by atoms with Crippen LogP contribution in [0.2, 0.25) is 0 Å². The summed E-state index contributed by atoms with van der Waals surface area (Å²) in [5.41, 5.74) is 3.82. The van der Waals surface area contributed by atoms with Crippen LogP contribution in [0.3, 0.4) is 0 Å². The second-order valence-corrected chi connectivity index (χ2v) is 7.52. The highest BCUT2D eigenvalue weighted by atomic mass is 16.5. The largest absolute Gasteiger partial charge is 0.507 e. The predicted octanol–water partition coefficient (Wildman–Crippen LogP) is 4.34. The number of methoxy groups -OCH3 is 1. The summed E-state index contributed by atoms with van der Waals surface area (Å²) in [6, 6.07) is 24.6. The molecule has 0 atom stereocenters. The van der Waals surface area contributed by atoms with Gasteiger partial charge in [0.1, 0.15) is 17.2 Å². The van der Waals surface area contributed by atoms with Crippen LogP contribution in [0, 0.1) is 0 Å². The predicted molar refractivity (Wildman–Crippen MR) is 134 cm³/mol. The van der Waals surface area contributed by atoms with Gasteiger partial charge in [0, 0.05) is 0 Å². The van der Waals surface area contributed by atoms with E-state index in [-0.39, 0.29) is 23.8 Å². The van der Waals surface area contributed by atoms with E-state index in [9.17, 15) is 14.7 Å². The van der Waals surface area contributed by atoms with Gasteiger partial charge >= 0.3 is 0 Å². The Bertz CT molecular complexity index is 1380. The van der Waals surface area contributed by atoms with Crippen LogP contribution >= 0.6 is 0 Å². The molecule has 0 aromatic heterocycles. The minimum atomic E-state index is -0.523. The summed E-state index contributed by atoms with van der Waals surface area (Å²) in [4.78, 5) is 24.6. The first kappa shape index (κ1) is 23.3. The molecule has 35 heavy (non-hydrogen) atoms. The average Bonchev–Trinajstić information content (AvgIpc) is 2.88. The maximum Gasteiger partial charge on any atom is 0.275 e. The van der Waals surface area contributed by atoms with Crippen molar-refractivity contribution in [3.63, 3.8) is 0 Å². The lowest BCUT2D eigenvalue weighted by Gasteiger charge is -2.10. The van der Waals surface area contributed by atoms with Crippen molar-refractivity contribution in [2.45, 2.75) is 0 Å². The highest BCUT2D eigenvalue weighted by Crippen LogP contribution is 2.25. The van der Waals surface area contributed by atoms with E-state index in [1.54, 1.807) is 54.6 Å². The minimum Gasteiger partial charge on any atom is -0.507 e. The number of benzene rings is 4. The van der Waals surface area contributed by atoms with E-state index in [2.05, 4.69) is 15.8 Å². The third kappa shape index (κ3) is 5.94. The van der Waals surface area contributed by atoms with Crippen molar-refractivity contribution in [2.75, 3.05) is 19.0 Å². The number of carbonyl (C=O) groups is 2. The molecule has 176 valence electrons. The van der Waals surface area contributed by atoms with E-state index in [0.717, 1.165) is 10.8 Å². The maximum atomic E-state index is 12.4. The van der Waals surface area contributed by atoms with Crippen LogP contribution in [-0.2, 0) is 4.79 Å². The first-order valence-electron chi connectivity index (χ1n) is 10.7. The Balaban J connectivity index is 1.29. The van der Waals surface area contributed by atoms with E-state index in [1.165, 1.54) is 13.3 Å². The molecule has 0 heterocycles. The molecule has 0 unspecified atom stereocenters. The Morgan fingerprint density at radius 2 is 1.63 bits per heavy atom. The summed E-state index contributed by atoms with van der Waals surface area (Å²) < 4.78 is 10.7. The molecule has 4 aromatic rings. The summed E-state index contributed by atoms with van der Waals surface area (Å²) in [6.45, 7) is -0.170. The van der Waals surface area contributed by atoms with Crippen molar-refractivity contribution < 1.29 is 24.2 Å². The number of hydrogen-bond donors (Lipinski definition) is 3. The number of hydrazone groups is 1. The SMILES string of the molecule is COc1ccccc1NC(=O)COc1ccc(/C=N\NC(=O)c2cc3ccccc3cc2O)cc1. The number of hydrogen-bond acceptors (Lipinski definition) is 6. The Labute approximate surface area is 201 Å². The quantitative estimate of drug-likeness (QED) is 0.263. The zero-order chi connectivity index (χ0) is 24.6. The zero-order valence-electron chi connectivity index (χ0n) is 18.9. The lowest BCUT2D eigenvalue weighted by molar-refractivity contribution is -0.118. The van der Waals surface area contributed by atoms with Crippen LogP contribution in [-0.4, -0.2) is 36.9 Å². The average molecular weight is 469 g/mol. The van der Waals surface area contributed by atoms with Gasteiger partial charge < -0.3 is 19.9 Å². The molecule has 3 N–H and O–H groups in total. The molecule has 0 fully saturated rings. The van der Waals surface area contributed by atoms with E-state index in [1.807, 2.05) is 30.3 Å². The number of phenolic OH excluding ortho intramolecular Hbond substituents is 1. The number of nitrogens with one attached hydrogen (secondary N) is 2. The molecule has 4 rings (SSSR count). The molecule has 8 nitrogen and oxygen atoms in total. The van der Waals surface area contributed by atoms with Gasteiger partial charge in [-0.2, -0.15) is 5.10 Å². The topological polar surface area (TPSA) is 109 Å². The monoisotopic (exact) mass is 469 g/mol. The van der Waals surface area contributed by atoms with Crippen LogP contribution in [0.15, 0.2) is 90.0 Å². The molecule has 8 heteroatoms. The summed E-state index contributed by atoms with van der Waals surface area (Å²) in [6.07, 6.45) is 1.47. The van der Waals surface area contributed by atoms with E-state index in [4.69, 9.17) is 9.47 Å². The van der Waals surface area contributed by atoms with Gasteiger partial charge in [0.25, 0.3) is 11.8 Å². The standard InChI is InChI=1S/C27H23N3O5/c1-34-25-9-5-4-8-23(25)29-26(32)17-35-21-12-10-18(11-13-21)16-28-30-27(33)22-14-19-6-2-3-7-20(19)15-24(22)31/h2-16,31H,17H2,1H3,(H,29,32)(H,30,33)/b28-16-. The fourth-order valence-electron chi connectivity index (χ4n) is 3.37. The van der Waals surface area contributed by atoms with Crippen molar-refractivity contribution in [1.82, 2.24) is 5.43 Å². The van der Waals surface area contributed by atoms with Gasteiger partial charge in [-0.05, 0) is 64.9 Å². The van der Waals surface area contributed by atoms with Crippen molar-refractivity contribution in [1.29, 1.82) is 0 Å². The Hall–Kier alpha value is -4.85. The highest BCUT2D eigenvalue weighted by Gasteiger charge is 2.12. The number of fused-ring (bicyclic) bond motifs is 1. The lowest BCUT2D eigenvalue weighted by Crippen LogP contribution is -2.20. The minimum absolute atomic E-state index is 0.118. The first-order valence-corrected chi connectivity index (χ1v) is 10.7. The number of para-hydroxylation sites is 2. The summed E-state index contributed by atoms with van der Waals surface area (Å²) in [7, 11) is 1.53. The van der Waals surface area contributed by atoms with Crippen LogP contribution in [0.5, 0.6) is 17.2 Å². The first-order chi connectivity index (χ1) is 17.0. The van der Waals surface area contributed by atoms with Gasteiger partial charge in [-0.15, -0.1) is 0 Å². The molecule has 4 aromatic carbocycles. The smallest absolute Gasteiger partial charge is 0.275 e. The van der Waals surface area contributed by atoms with Crippen molar-refractivity contribution in [2.24, 2.45) is 5.10 Å². The number of anilines is 1. The van der Waals surface area contributed by atoms with Gasteiger partial charge in [0.15, 0.2) is 6.61 Å². The van der Waals surface area contributed by atoms with Crippen LogP contribution < -0.4 is 20.2 Å². The van der Waals surface area contributed by atoms with E-state index in [0.29, 0.717) is 22.7 Å². The van der Waals surface area contributed by atoms with Crippen LogP contribution in [0.25, 0.3) is 10.8 Å². The summed E-state index contributed by atoms with van der Waals surface area (Å²) in [5.74, 6) is 0.104. The fraction of sp³-hybridized carbons (Fsp3) is 0.0741. The van der Waals surface area contributed by atoms with Gasteiger partial charge in [-0.3, -0.25) is 9.59 Å². The zero-order valence-corrected chi connectivity index (χ0v) is 18.9. The molecule has 0 aliphatic rings. The summed E-state index contributed by atoms with van der Waals surface area (Å²) in [5, 5.41) is 18.5. The molecule has 0 aliphatic carbocycles. The maximum absolute atomic E-state index is 12.4. The molecule has 0 saturated carbocycles. The fourth-order valence-corrected chi connectivity index (χ4v) is 3.37. The molecule has 0 aliphatic heterocycles. The normalized spacial score (nSPS) is 10.8. The van der Waals surface area contributed by atoms with Gasteiger partial charge in [0.2, 0.25) is 0 Å². The van der Waals surface area contributed by atoms with E-state index >= 15 is 0 Å². The number of rotatable bonds is 8. The van der Waals surface area contributed by atoms with Crippen molar-refractivity contribution in [3.8, 4) is 17.2 Å². The third-order valence-corrected chi connectivity index (χ3v) is 5.12. The molecule has 0 saturated heterocycles. The van der Waals surface area contributed by atoms with Gasteiger partial charge in [0.05, 0.1) is 24.6 Å². The Morgan fingerprint density at radius 1 is 0.943 bits per heavy atom. The number of nitrogens with zero attached hydrogens (tertiary/aromatic N) is 1. The van der Waals surface area contributed by atoms with Crippen LogP contribution in [0.1, 0.15) is 15.9 Å². The third-order valence-electron chi connectivity index (χ3n) is 5.12. The second-order valence-electron chi connectivity index (χ2n) is 7.52. The molecule has 0 radical (unpaired) electrons. The number of phenols is 1. The number of amides is 2. The number of carbonyl (C=O) groups excluding carboxylic acids is 2. The van der Waals surface area contributed by atoms with Gasteiger partial charge in [-0.25, -0.2) is 5.43 Å². The molecular formula is C27H23N3O5. The highest BCUT2D eigenvalue weighted by molar-refractivity contribution is 6.01. The Kier molecular flexibility index (Phi) is 7.22. The van der Waals surface area contributed by atoms with Gasteiger partial charge in [-0.1, -0.05) is 36.4 Å². The molecule has 2 amide bonds. The number of aromatic hydroxyl groups is 1. The summed E-state index contributed by atoms with van der Waals surface area (Å²) >= 11 is 0. The van der Waals surface area contributed by atoms with E-state index < -0.39 is 5.91 Å². The van der Waals surface area contributed by atoms with Crippen LogP contribution in [0.4, 0.5) is 5.69 Å². The van der Waals surface area contributed by atoms with Crippen molar-refractivity contribution >= 4 is 34.5 Å². The second kappa shape index (κ2) is 10.8.